The Morgan fingerprint density at radius 3 is 2.52 bits per heavy atom. The van der Waals surface area contributed by atoms with Crippen LogP contribution >= 0.6 is 0 Å². The number of ether oxygens (including phenoxy) is 1. The summed E-state index contributed by atoms with van der Waals surface area (Å²) in [7, 11) is -3.86. The van der Waals surface area contributed by atoms with Crippen LogP contribution in [0.2, 0.25) is 0 Å². The van der Waals surface area contributed by atoms with Crippen molar-refractivity contribution in [3.05, 3.63) is 59.9 Å². The summed E-state index contributed by atoms with van der Waals surface area (Å²) in [4.78, 5) is 16.2. The van der Waals surface area contributed by atoms with Crippen LogP contribution in [-0.4, -0.2) is 36.8 Å². The first-order valence-electron chi connectivity index (χ1n) is 7.41. The molecule has 3 rings (SSSR count). The van der Waals surface area contributed by atoms with Gasteiger partial charge in [-0.25, -0.2) is 17.7 Å². The summed E-state index contributed by atoms with van der Waals surface area (Å²) in [5.74, 6) is -1.000. The van der Waals surface area contributed by atoms with Crippen molar-refractivity contribution in [2.24, 2.45) is 0 Å². The van der Waals surface area contributed by atoms with Crippen molar-refractivity contribution in [3.63, 3.8) is 0 Å². The van der Waals surface area contributed by atoms with Crippen molar-refractivity contribution in [1.29, 1.82) is 0 Å². The van der Waals surface area contributed by atoms with Gasteiger partial charge in [0.05, 0.1) is 6.20 Å². The first kappa shape index (κ1) is 17.3. The minimum absolute atomic E-state index is 0.0394. The lowest BCUT2D eigenvalue weighted by molar-refractivity contribution is -0.0500. The van der Waals surface area contributed by atoms with Crippen LogP contribution in [0.25, 0.3) is 0 Å². The van der Waals surface area contributed by atoms with Gasteiger partial charge in [-0.1, -0.05) is 30.3 Å². The summed E-state index contributed by atoms with van der Waals surface area (Å²) in [6.07, 6.45) is 1.24. The fraction of sp³-hybridized carbons (Fsp3) is 0.250. The van der Waals surface area contributed by atoms with E-state index in [2.05, 4.69) is 9.72 Å². The molecule has 0 aliphatic carbocycles. The highest BCUT2D eigenvalue weighted by Gasteiger charge is 2.43. The lowest BCUT2D eigenvalue weighted by Crippen LogP contribution is -2.33. The van der Waals surface area contributed by atoms with Crippen LogP contribution in [0.15, 0.2) is 48.7 Å². The summed E-state index contributed by atoms with van der Waals surface area (Å²) in [5.41, 5.74) is 0.463. The van der Waals surface area contributed by atoms with Crippen LogP contribution in [0.3, 0.4) is 0 Å². The number of benzene rings is 1. The van der Waals surface area contributed by atoms with E-state index < -0.39 is 27.8 Å². The van der Waals surface area contributed by atoms with Crippen molar-refractivity contribution < 1.29 is 26.7 Å². The number of sulfonamides is 1. The van der Waals surface area contributed by atoms with Gasteiger partial charge in [0.1, 0.15) is 16.7 Å². The van der Waals surface area contributed by atoms with Crippen LogP contribution in [0, 0.1) is 0 Å². The molecule has 25 heavy (non-hydrogen) atoms. The van der Waals surface area contributed by atoms with Gasteiger partial charge in [0, 0.05) is 6.54 Å². The van der Waals surface area contributed by atoms with E-state index in [4.69, 9.17) is 0 Å². The molecule has 2 heterocycles. The molecular weight excluding hydrogens is 354 g/mol. The maximum absolute atomic E-state index is 12.7. The third-order valence-corrected chi connectivity index (χ3v) is 6.03. The Morgan fingerprint density at radius 2 is 1.92 bits per heavy atom. The van der Waals surface area contributed by atoms with E-state index in [1.54, 1.807) is 30.3 Å². The minimum Gasteiger partial charge on any atom is -0.433 e. The topological polar surface area (TPSA) is 76.6 Å². The number of amides is 1. The molecule has 1 amide bonds. The molecule has 2 aromatic rings. The number of hydrogen-bond donors (Lipinski definition) is 0. The van der Waals surface area contributed by atoms with Crippen LogP contribution in [-0.2, 0) is 10.0 Å². The molecule has 0 radical (unpaired) electrons. The Bertz CT molecular complexity index is 857. The van der Waals surface area contributed by atoms with E-state index in [1.165, 1.54) is 0 Å². The molecule has 1 unspecified atom stereocenters. The highest BCUT2D eigenvalue weighted by atomic mass is 32.2. The van der Waals surface area contributed by atoms with Crippen LogP contribution in [0.5, 0.6) is 5.75 Å². The van der Waals surface area contributed by atoms with E-state index in [0.29, 0.717) is 5.56 Å². The Morgan fingerprint density at radius 1 is 1.20 bits per heavy atom. The van der Waals surface area contributed by atoms with Gasteiger partial charge >= 0.3 is 6.61 Å². The van der Waals surface area contributed by atoms with Gasteiger partial charge in [-0.05, 0) is 24.1 Å². The Hall–Kier alpha value is -2.55. The number of pyridine rings is 1. The van der Waals surface area contributed by atoms with Gasteiger partial charge in [0.15, 0.2) is 0 Å². The van der Waals surface area contributed by atoms with E-state index >= 15 is 0 Å². The summed E-state index contributed by atoms with van der Waals surface area (Å²) in [5, 5.41) is -0.793. The summed E-state index contributed by atoms with van der Waals surface area (Å²) in [6, 6.07) is 10.9. The first-order valence-corrected chi connectivity index (χ1v) is 8.91. The molecule has 0 bridgehead atoms. The number of halogens is 2. The normalized spacial score (nSPS) is 19.2. The number of aromatic nitrogens is 1. The number of carbonyl (C=O) groups excluding carboxylic acids is 1. The van der Waals surface area contributed by atoms with Crippen LogP contribution < -0.4 is 4.74 Å². The van der Waals surface area contributed by atoms with Gasteiger partial charge < -0.3 is 4.74 Å². The van der Waals surface area contributed by atoms with Crippen molar-refractivity contribution in [2.75, 3.05) is 6.54 Å². The SMILES string of the molecule is O=C(c1ccc(OC(F)F)cn1)N1CCC(c2ccccc2)S1(=O)=O. The predicted molar refractivity (Wildman–Crippen MR) is 84.6 cm³/mol. The number of hydrogen-bond acceptors (Lipinski definition) is 5. The highest BCUT2D eigenvalue weighted by Crippen LogP contribution is 2.35. The molecule has 1 aromatic carbocycles. The molecule has 1 aliphatic rings. The fourth-order valence-corrected chi connectivity index (χ4v) is 4.59. The van der Waals surface area contributed by atoms with Crippen LogP contribution in [0.1, 0.15) is 27.7 Å². The highest BCUT2D eigenvalue weighted by molar-refractivity contribution is 7.90. The molecule has 1 fully saturated rings. The first-order chi connectivity index (χ1) is 11.9. The third kappa shape index (κ3) is 3.46. The molecule has 132 valence electrons. The van der Waals surface area contributed by atoms with Gasteiger partial charge in [0.25, 0.3) is 5.91 Å². The Kier molecular flexibility index (Phi) is 4.67. The largest absolute Gasteiger partial charge is 0.433 e. The van der Waals surface area contributed by atoms with Crippen molar-refractivity contribution in [1.82, 2.24) is 9.29 Å². The maximum Gasteiger partial charge on any atom is 0.387 e. The summed E-state index contributed by atoms with van der Waals surface area (Å²) >= 11 is 0. The molecule has 1 aliphatic heterocycles. The van der Waals surface area contributed by atoms with Crippen LogP contribution in [0.4, 0.5) is 8.78 Å². The maximum atomic E-state index is 12.7. The molecule has 1 saturated heterocycles. The van der Waals surface area contributed by atoms with E-state index in [1.807, 2.05) is 0 Å². The minimum atomic E-state index is -3.86. The smallest absolute Gasteiger partial charge is 0.387 e. The molecule has 9 heteroatoms. The second kappa shape index (κ2) is 6.75. The number of alkyl halides is 2. The number of nitrogens with zero attached hydrogens (tertiary/aromatic N) is 2. The standard InChI is InChI=1S/C16H14F2N2O4S/c17-16(18)24-12-6-7-13(19-10-12)15(21)20-9-8-14(25(20,22)23)11-4-2-1-3-5-11/h1-7,10,14,16H,8-9H2. The average molecular weight is 368 g/mol. The summed E-state index contributed by atoms with van der Waals surface area (Å²) < 4.78 is 54.5. The van der Waals surface area contributed by atoms with Crippen molar-refractivity contribution in [3.8, 4) is 5.75 Å². The second-order valence-corrected chi connectivity index (χ2v) is 7.41. The zero-order valence-electron chi connectivity index (χ0n) is 12.9. The monoisotopic (exact) mass is 368 g/mol. The lowest BCUT2D eigenvalue weighted by atomic mass is 10.1. The second-order valence-electron chi connectivity index (χ2n) is 5.37. The van der Waals surface area contributed by atoms with Gasteiger partial charge in [0.2, 0.25) is 10.0 Å². The predicted octanol–water partition coefficient (Wildman–Crippen LogP) is 2.60. The lowest BCUT2D eigenvalue weighted by Gasteiger charge is -2.17. The molecule has 0 saturated carbocycles. The molecular formula is C16H14F2N2O4S. The quantitative estimate of drug-likeness (QED) is 0.829. The Labute approximate surface area is 143 Å². The molecule has 6 nitrogen and oxygen atoms in total. The third-order valence-electron chi connectivity index (χ3n) is 3.84. The molecule has 0 N–H and O–H groups in total. The van der Waals surface area contributed by atoms with Crippen molar-refractivity contribution in [2.45, 2.75) is 18.3 Å². The van der Waals surface area contributed by atoms with E-state index in [0.717, 1.165) is 22.6 Å². The van der Waals surface area contributed by atoms with E-state index in [-0.39, 0.29) is 24.4 Å². The van der Waals surface area contributed by atoms with Crippen molar-refractivity contribution >= 4 is 15.9 Å². The molecule has 0 spiro atoms. The van der Waals surface area contributed by atoms with Gasteiger partial charge in [-0.2, -0.15) is 8.78 Å². The molecule has 1 atom stereocenters. The average Bonchev–Trinajstić information content (AvgIpc) is 2.90. The number of carbonyl (C=O) groups is 1. The Balaban J connectivity index is 1.81. The zero-order chi connectivity index (χ0) is 18.0. The van der Waals surface area contributed by atoms with E-state index in [9.17, 15) is 22.0 Å². The van der Waals surface area contributed by atoms with Gasteiger partial charge in [-0.3, -0.25) is 4.79 Å². The fourth-order valence-electron chi connectivity index (χ4n) is 2.69. The zero-order valence-corrected chi connectivity index (χ0v) is 13.7. The number of rotatable bonds is 4. The summed E-state index contributed by atoms with van der Waals surface area (Å²) in [6.45, 7) is -2.97. The molecule has 1 aromatic heterocycles. The van der Waals surface area contributed by atoms with Gasteiger partial charge in [-0.15, -0.1) is 0 Å².